The van der Waals surface area contributed by atoms with Crippen molar-refractivity contribution in [1.29, 1.82) is 0 Å². The van der Waals surface area contributed by atoms with E-state index in [1.165, 1.54) is 79.7 Å². The van der Waals surface area contributed by atoms with Crippen LogP contribution in [-0.4, -0.2) is 129 Å². The van der Waals surface area contributed by atoms with E-state index in [1.807, 2.05) is 12.1 Å². The molecular weight excluding hydrogens is 1600 g/mol. The second kappa shape index (κ2) is 30.3. The van der Waals surface area contributed by atoms with Gasteiger partial charge in [0.05, 0.1) is 47.9 Å². The van der Waals surface area contributed by atoms with E-state index in [9.17, 15) is 38.4 Å². The molecule has 20 nitrogen and oxygen atoms in total. The topological polar surface area (TPSA) is 247 Å². The van der Waals surface area contributed by atoms with Crippen LogP contribution in [0.3, 0.4) is 0 Å². The summed E-state index contributed by atoms with van der Waals surface area (Å²) in [5.41, 5.74) is 0.267. The van der Waals surface area contributed by atoms with Gasteiger partial charge in [0.2, 0.25) is 12.1 Å². The van der Waals surface area contributed by atoms with Crippen LogP contribution in [0.2, 0.25) is 0 Å². The molecule has 79 heavy (non-hydrogen) atoms. The number of hydrogen-bond donors (Lipinski definition) is 0. The highest BCUT2D eigenvalue weighted by atomic mass is 127. The molecule has 25 heteroatoms. The smallest absolute Gasteiger partial charge is 0.344 e. The van der Waals surface area contributed by atoms with Gasteiger partial charge in [-0.15, -0.1) is 0 Å². The molecule has 3 aromatic carbocycles. The van der Waals surface area contributed by atoms with Gasteiger partial charge in [0.15, 0.2) is 37.1 Å². The molecule has 0 amide bonds. The lowest BCUT2D eigenvalue weighted by Crippen LogP contribution is -2.66. The van der Waals surface area contributed by atoms with E-state index in [0.717, 1.165) is 10.7 Å². The third-order valence-electron chi connectivity index (χ3n) is 11.6. The first-order valence-corrected chi connectivity index (χ1v) is 30.3. The van der Waals surface area contributed by atoms with Crippen molar-refractivity contribution in [2.24, 2.45) is 29.6 Å². The number of ether oxygens (including phenoxy) is 12. The fraction of sp³-hybridized carbons (Fsp3) is 0.519. The normalized spacial score (nSPS) is 22.8. The predicted octanol–water partition coefficient (Wildman–Crippen LogP) is 9.02. The van der Waals surface area contributed by atoms with Crippen molar-refractivity contribution in [3.05, 3.63) is 89.6 Å². The SMILES string of the molecule is CC(C)C(=O)OC[C@@]1(O[C@H]2O[C@H](COC(=O)c3ccc(I)cc3)[C@@H](OC(=O)C(C)C)[C@H](OC(=O)C(C)C)[C@H]2OC(=O)C(C)C)O[C@H](COC(=O)c2ccc(I)cc2)[C@@H](OC(=O)C(C)C)[C@@H]1OC(=O)COc1c(I)cc(I)cc1I. The number of benzene rings is 3. The Balaban J connectivity index is 1.75. The largest absolute Gasteiger partial charge is 0.480 e. The molecule has 2 heterocycles. The van der Waals surface area contributed by atoms with E-state index in [0.29, 0.717) is 12.9 Å². The van der Waals surface area contributed by atoms with Crippen LogP contribution >= 0.6 is 113 Å². The lowest BCUT2D eigenvalue weighted by atomic mass is 9.96. The molecular formula is C54H61I5O20. The van der Waals surface area contributed by atoms with E-state index in [-0.39, 0.29) is 11.1 Å². The summed E-state index contributed by atoms with van der Waals surface area (Å²) >= 11 is 10.4. The van der Waals surface area contributed by atoms with Gasteiger partial charge in [-0.2, -0.15) is 0 Å². The van der Waals surface area contributed by atoms with Crippen molar-refractivity contribution in [2.45, 2.75) is 124 Å². The molecule has 0 N–H and O–H groups in total. The quantitative estimate of drug-likeness (QED) is 0.0488. The maximum absolute atomic E-state index is 14.4. The van der Waals surface area contributed by atoms with Gasteiger partial charge in [-0.1, -0.05) is 69.2 Å². The summed E-state index contributed by atoms with van der Waals surface area (Å²) in [6.07, 6.45) is -14.6. The van der Waals surface area contributed by atoms with Gasteiger partial charge in [0.1, 0.15) is 37.8 Å². The van der Waals surface area contributed by atoms with Gasteiger partial charge in [0, 0.05) is 10.7 Å². The molecule has 3 aromatic rings. The van der Waals surface area contributed by atoms with Crippen molar-refractivity contribution in [2.75, 3.05) is 26.4 Å². The van der Waals surface area contributed by atoms with Crippen LogP contribution in [0.4, 0.5) is 0 Å². The van der Waals surface area contributed by atoms with E-state index in [2.05, 4.69) is 113 Å². The van der Waals surface area contributed by atoms with Crippen LogP contribution in [0.15, 0.2) is 60.7 Å². The van der Waals surface area contributed by atoms with Gasteiger partial charge in [-0.05, 0) is 174 Å². The van der Waals surface area contributed by atoms with E-state index < -0.39 is 159 Å². The average molecular weight is 1660 g/mol. The second-order valence-electron chi connectivity index (χ2n) is 19.7. The maximum atomic E-state index is 14.4. The molecule has 432 valence electrons. The summed E-state index contributed by atoms with van der Waals surface area (Å²) in [6.45, 7) is 12.1. The van der Waals surface area contributed by atoms with Crippen molar-refractivity contribution in [3.8, 4) is 5.75 Å². The van der Waals surface area contributed by atoms with E-state index >= 15 is 0 Å². The Morgan fingerprint density at radius 1 is 0.494 bits per heavy atom. The number of carbonyl (C=O) groups is 8. The highest BCUT2D eigenvalue weighted by Crippen LogP contribution is 2.43. The Bertz CT molecular complexity index is 2640. The third kappa shape index (κ3) is 18.6. The molecule has 5 rings (SSSR count). The Labute approximate surface area is 526 Å². The van der Waals surface area contributed by atoms with Gasteiger partial charge < -0.3 is 56.8 Å². The molecule has 0 spiro atoms. The molecule has 2 aliphatic heterocycles. The number of esters is 8. The van der Waals surface area contributed by atoms with Crippen LogP contribution in [-0.2, 0) is 80.9 Å². The summed E-state index contributed by atoms with van der Waals surface area (Å²) < 4.78 is 78.1. The number of halogens is 5. The van der Waals surface area contributed by atoms with E-state index in [1.54, 1.807) is 38.1 Å². The van der Waals surface area contributed by atoms with Gasteiger partial charge in [-0.25, -0.2) is 14.4 Å². The standard InChI is InChI=1S/C54H61I5O20/c1-25(2)46(61)71-24-54(45(73-39(60)23-68-40-35(58)19-34(57)20-36(40)59)42(75-48(63)27(5)6)38(78-54)22-70-52(67)31-13-17-33(56)18-14-31)79-53-44(77-50(65)29(9)10)43(76-49(64)28(7)8)41(74-47(62)26(3)4)37(72-53)21-69-51(66)30-11-15-32(55)16-12-30/h11-20,25-29,37-38,41-45,53H,21-24H2,1-10H3/t37-,38-,41-,42-,43+,44-,45+,53-,54+/m1/s1. The maximum Gasteiger partial charge on any atom is 0.344 e. The minimum Gasteiger partial charge on any atom is -0.480 e. The molecule has 0 unspecified atom stereocenters. The number of rotatable bonds is 23. The summed E-state index contributed by atoms with van der Waals surface area (Å²) in [5, 5.41) is 0. The summed E-state index contributed by atoms with van der Waals surface area (Å²) in [4.78, 5) is 111. The Morgan fingerprint density at radius 2 is 0.911 bits per heavy atom. The lowest BCUT2D eigenvalue weighted by Gasteiger charge is -2.47. The Kier molecular flexibility index (Phi) is 25.6. The highest BCUT2D eigenvalue weighted by molar-refractivity contribution is 14.1. The lowest BCUT2D eigenvalue weighted by molar-refractivity contribution is -0.385. The van der Waals surface area contributed by atoms with Crippen molar-refractivity contribution < 1.29 is 95.2 Å². The van der Waals surface area contributed by atoms with Crippen molar-refractivity contribution in [1.82, 2.24) is 0 Å². The Hall–Kier alpha value is -3.25. The van der Waals surface area contributed by atoms with Crippen LogP contribution in [0.1, 0.15) is 90.0 Å². The fourth-order valence-corrected chi connectivity index (χ4v) is 11.9. The van der Waals surface area contributed by atoms with Crippen LogP contribution in [0, 0.1) is 47.4 Å². The average Bonchev–Trinajstić information content (AvgIpc) is 3.75. The first kappa shape index (κ1) is 66.5. The van der Waals surface area contributed by atoms with Crippen molar-refractivity contribution in [3.63, 3.8) is 0 Å². The minimum absolute atomic E-state index is 0.132. The van der Waals surface area contributed by atoms with Gasteiger partial charge >= 0.3 is 47.8 Å². The highest BCUT2D eigenvalue weighted by Gasteiger charge is 2.65. The summed E-state index contributed by atoms with van der Waals surface area (Å²) in [5.74, 6) is -13.5. The second-order valence-corrected chi connectivity index (χ2v) is 25.8. The molecule has 9 atom stereocenters. The third-order valence-corrected chi connectivity index (χ3v) is 15.3. The molecule has 0 saturated carbocycles. The fourth-order valence-electron chi connectivity index (χ4n) is 7.26. The van der Waals surface area contributed by atoms with Crippen molar-refractivity contribution >= 4 is 161 Å². The van der Waals surface area contributed by atoms with Gasteiger partial charge in [-0.3, -0.25) is 24.0 Å². The first-order valence-electron chi connectivity index (χ1n) is 24.9. The molecule has 0 aromatic heterocycles. The zero-order valence-electron chi connectivity index (χ0n) is 44.7. The molecule has 2 aliphatic rings. The van der Waals surface area contributed by atoms with Crippen LogP contribution < -0.4 is 4.74 Å². The monoisotopic (exact) mass is 1660 g/mol. The zero-order valence-corrected chi connectivity index (χ0v) is 55.4. The zero-order chi connectivity index (χ0) is 58.6. The number of hydrogen-bond acceptors (Lipinski definition) is 20. The van der Waals surface area contributed by atoms with Crippen LogP contribution in [0.25, 0.3) is 0 Å². The summed E-state index contributed by atoms with van der Waals surface area (Å²) in [6, 6.07) is 16.4. The van der Waals surface area contributed by atoms with Gasteiger partial charge in [0.25, 0.3) is 0 Å². The molecule has 0 bridgehead atoms. The van der Waals surface area contributed by atoms with Crippen LogP contribution in [0.5, 0.6) is 5.75 Å². The minimum atomic E-state index is -2.72. The molecule has 0 radical (unpaired) electrons. The molecule has 2 saturated heterocycles. The first-order chi connectivity index (χ1) is 37.1. The predicted molar refractivity (Wildman–Crippen MR) is 321 cm³/mol. The molecule has 2 fully saturated rings. The summed E-state index contributed by atoms with van der Waals surface area (Å²) in [7, 11) is 0. The van der Waals surface area contributed by atoms with E-state index in [4.69, 9.17) is 56.8 Å². The Morgan fingerprint density at radius 3 is 1.37 bits per heavy atom. The number of carbonyl (C=O) groups excluding carboxylic acids is 8. The molecule has 0 aliphatic carbocycles.